The molecule has 0 saturated heterocycles. The van der Waals surface area contributed by atoms with E-state index in [1.54, 1.807) is 0 Å². The maximum absolute atomic E-state index is 2.54. The molecular formula is C84H56N2S2. The predicted octanol–water partition coefficient (Wildman–Crippen LogP) is 23.9. The van der Waals surface area contributed by atoms with E-state index in [0.29, 0.717) is 0 Å². The minimum absolute atomic E-state index is 1.15. The number of benzene rings is 14. The number of aromatic nitrogens is 2. The second-order valence-electron chi connectivity index (χ2n) is 22.7. The van der Waals surface area contributed by atoms with E-state index in [9.17, 15) is 0 Å². The summed E-state index contributed by atoms with van der Waals surface area (Å²) in [5.41, 5.74) is 19.2. The van der Waals surface area contributed by atoms with Gasteiger partial charge >= 0.3 is 0 Å². The van der Waals surface area contributed by atoms with Gasteiger partial charge < -0.3 is 9.13 Å². The van der Waals surface area contributed by atoms with E-state index in [1.807, 2.05) is 11.3 Å². The first kappa shape index (κ1) is 51.7. The van der Waals surface area contributed by atoms with Crippen molar-refractivity contribution in [3.8, 4) is 67.0 Å². The van der Waals surface area contributed by atoms with E-state index >= 15 is 0 Å². The minimum Gasteiger partial charge on any atom is -0.309 e. The molecule has 0 atom stereocenters. The number of fused-ring (bicyclic) bond motifs is 9. The van der Waals surface area contributed by atoms with Crippen molar-refractivity contribution in [3.05, 3.63) is 340 Å². The lowest BCUT2D eigenvalue weighted by atomic mass is 9.96. The molecule has 2 nitrogen and oxygen atoms in total. The molecule has 0 aliphatic heterocycles. The van der Waals surface area contributed by atoms with Crippen LogP contribution in [0.2, 0.25) is 0 Å². The van der Waals surface area contributed by atoms with Crippen molar-refractivity contribution in [3.63, 3.8) is 0 Å². The molecule has 0 unspecified atom stereocenters. The summed E-state index contributed by atoms with van der Waals surface area (Å²) in [7, 11) is -2.12. The zero-order valence-corrected chi connectivity index (χ0v) is 49.7. The largest absolute Gasteiger partial charge is 0.309 e. The predicted molar refractivity (Wildman–Crippen MR) is 375 cm³/mol. The van der Waals surface area contributed by atoms with Gasteiger partial charge in [-0.25, -0.2) is 0 Å². The smallest absolute Gasteiger partial charge is 0.0556 e. The lowest BCUT2D eigenvalue weighted by Gasteiger charge is -2.42. The van der Waals surface area contributed by atoms with Crippen molar-refractivity contribution in [2.75, 3.05) is 0 Å². The first-order chi connectivity index (χ1) is 43.6. The highest BCUT2D eigenvalue weighted by Crippen LogP contribution is 2.75. The van der Waals surface area contributed by atoms with E-state index in [0.717, 1.165) is 5.69 Å². The molecule has 0 N–H and O–H groups in total. The Morgan fingerprint density at radius 1 is 0.239 bits per heavy atom. The number of para-hydroxylation sites is 3. The maximum Gasteiger partial charge on any atom is 0.0556 e. The van der Waals surface area contributed by atoms with Gasteiger partial charge in [0, 0.05) is 62.3 Å². The number of hydrogen-bond acceptors (Lipinski definition) is 1. The monoisotopic (exact) mass is 1160 g/mol. The Morgan fingerprint density at radius 3 is 1.05 bits per heavy atom. The van der Waals surface area contributed by atoms with Crippen molar-refractivity contribution >= 4 is 85.1 Å². The van der Waals surface area contributed by atoms with Crippen molar-refractivity contribution in [2.45, 2.75) is 19.6 Å². The zero-order valence-electron chi connectivity index (χ0n) is 48.0. The summed E-state index contributed by atoms with van der Waals surface area (Å²) in [6, 6.07) is 126. The molecule has 17 rings (SSSR count). The first-order valence-electron chi connectivity index (χ1n) is 30.1. The fourth-order valence-corrected chi connectivity index (χ4v) is 19.3. The number of thiophene rings is 1. The van der Waals surface area contributed by atoms with Gasteiger partial charge in [-0.05, 0) is 147 Å². The highest BCUT2D eigenvalue weighted by atomic mass is 32.3. The summed E-state index contributed by atoms with van der Waals surface area (Å²) >= 11 is 1.93. The Balaban J connectivity index is 0.741. The van der Waals surface area contributed by atoms with Crippen LogP contribution in [0.5, 0.6) is 0 Å². The quantitative estimate of drug-likeness (QED) is 0.122. The van der Waals surface area contributed by atoms with Crippen LogP contribution >= 0.6 is 21.4 Å². The number of hydrogen-bond donors (Lipinski definition) is 0. The SMILES string of the molecule is c1ccc(-c2ccc(-c3ccc(-c4ccc(-c5ccc(-c6ccc(S(c7ccccc7)(c7ccccc7)c7ccc(-n8c9ccccc9c9cc(-n%10c%11ccccc%11c%11ccccc%11%10)ccc98)c8c7sc7ccccc78)cc6)cc5)cc4)cc3)cc2)cc1. The highest BCUT2D eigenvalue weighted by Gasteiger charge is 2.36. The van der Waals surface area contributed by atoms with E-state index in [4.69, 9.17) is 0 Å². The Kier molecular flexibility index (Phi) is 12.5. The van der Waals surface area contributed by atoms with Gasteiger partial charge in [0.2, 0.25) is 0 Å². The normalized spacial score (nSPS) is 12.0. The van der Waals surface area contributed by atoms with E-state index in [2.05, 4.69) is 349 Å². The Hall–Kier alpha value is -10.8. The van der Waals surface area contributed by atoms with Crippen LogP contribution in [0.15, 0.2) is 359 Å². The van der Waals surface area contributed by atoms with Crippen molar-refractivity contribution in [1.29, 1.82) is 0 Å². The van der Waals surface area contributed by atoms with Crippen LogP contribution in [0.4, 0.5) is 0 Å². The third-order valence-electron chi connectivity index (χ3n) is 17.9. The minimum atomic E-state index is -2.12. The number of rotatable bonds is 11. The summed E-state index contributed by atoms with van der Waals surface area (Å²) in [6.45, 7) is 0. The molecule has 0 saturated carbocycles. The van der Waals surface area contributed by atoms with Crippen LogP contribution in [0.25, 0.3) is 131 Å². The molecule has 0 fully saturated rings. The third-order valence-corrected chi connectivity index (χ3v) is 23.2. The van der Waals surface area contributed by atoms with Gasteiger partial charge in [0.1, 0.15) is 0 Å². The second-order valence-corrected chi connectivity index (χ2v) is 26.9. The molecule has 17 aromatic rings. The Morgan fingerprint density at radius 2 is 0.580 bits per heavy atom. The fourth-order valence-electron chi connectivity index (χ4n) is 13.7. The summed E-state index contributed by atoms with van der Waals surface area (Å²) in [5, 5.41) is 7.52. The van der Waals surface area contributed by atoms with Crippen LogP contribution in [0, 0.1) is 0 Å². The molecule has 414 valence electrons. The summed E-state index contributed by atoms with van der Waals surface area (Å²) in [6.07, 6.45) is 0. The molecule has 0 bridgehead atoms. The van der Waals surface area contributed by atoms with Crippen molar-refractivity contribution in [2.24, 2.45) is 0 Å². The van der Waals surface area contributed by atoms with Crippen molar-refractivity contribution < 1.29 is 0 Å². The number of nitrogens with zero attached hydrogens (tertiary/aromatic N) is 2. The summed E-state index contributed by atoms with van der Waals surface area (Å²) in [5.74, 6) is 0. The second kappa shape index (κ2) is 21.3. The Labute approximate surface area is 517 Å². The molecule has 3 aromatic heterocycles. The molecule has 0 aliphatic carbocycles. The summed E-state index contributed by atoms with van der Waals surface area (Å²) < 4.78 is 7.55. The highest BCUT2D eigenvalue weighted by molar-refractivity contribution is 8.34. The fraction of sp³-hybridized carbons (Fsp3) is 0. The lowest BCUT2D eigenvalue weighted by Crippen LogP contribution is -2.06. The van der Waals surface area contributed by atoms with Crippen LogP contribution < -0.4 is 0 Å². The van der Waals surface area contributed by atoms with Crippen molar-refractivity contribution in [1.82, 2.24) is 9.13 Å². The standard InChI is InChI=1S/C84H56N2S2/c1-4-18-57(19-5-1)58-32-34-59(35-33-58)60-36-38-61(39-37-60)62-40-42-63(43-41-62)64-44-46-65(47-45-64)66-48-51-70(52-49-66)88(68-20-6-2-7-21-68,69-22-8-3-9-23-69)82-55-54-80(83-74-27-13-17-31-81(74)87-84(82)83)86-78-30-16-12-26-73(78)75-56-67(50-53-79(75)86)85-76-28-14-10-24-71(76)72-25-11-15-29-77(72)85/h1-56H. The van der Waals surface area contributed by atoms with Crippen LogP contribution in [-0.2, 0) is 0 Å². The van der Waals surface area contributed by atoms with Gasteiger partial charge in [-0.2, -0.15) is 0 Å². The van der Waals surface area contributed by atoms with Gasteiger partial charge in [-0.15, -0.1) is 21.4 Å². The lowest BCUT2D eigenvalue weighted by molar-refractivity contribution is 1.17. The molecular weight excluding hydrogens is 1100 g/mol. The average molecular weight is 1160 g/mol. The Bertz CT molecular complexity index is 5340. The van der Waals surface area contributed by atoms with Gasteiger partial charge in [0.15, 0.2) is 0 Å². The average Bonchev–Trinajstić information content (AvgIpc) is 1.65. The van der Waals surface area contributed by atoms with E-state index < -0.39 is 10.0 Å². The third kappa shape index (κ3) is 8.47. The van der Waals surface area contributed by atoms with Gasteiger partial charge in [0.25, 0.3) is 0 Å². The molecule has 0 radical (unpaired) electrons. The van der Waals surface area contributed by atoms with Gasteiger partial charge in [-0.3, -0.25) is 0 Å². The summed E-state index contributed by atoms with van der Waals surface area (Å²) in [4.78, 5) is 5.22. The van der Waals surface area contributed by atoms with Crippen LogP contribution in [0.1, 0.15) is 0 Å². The molecule has 0 spiro atoms. The molecule has 0 aliphatic rings. The van der Waals surface area contributed by atoms with Crippen LogP contribution in [-0.4, -0.2) is 9.13 Å². The van der Waals surface area contributed by atoms with E-state index in [-0.39, 0.29) is 0 Å². The van der Waals surface area contributed by atoms with E-state index in [1.165, 1.54) is 145 Å². The zero-order chi connectivity index (χ0) is 58.1. The first-order valence-corrected chi connectivity index (χ1v) is 32.6. The maximum atomic E-state index is 2.54. The van der Waals surface area contributed by atoms with Gasteiger partial charge in [-0.1, -0.05) is 249 Å². The molecule has 0 amide bonds. The molecule has 14 aromatic carbocycles. The van der Waals surface area contributed by atoms with Gasteiger partial charge in [0.05, 0.1) is 32.5 Å². The molecule has 4 heteroatoms. The molecule has 3 heterocycles. The molecule has 88 heavy (non-hydrogen) atoms. The van der Waals surface area contributed by atoms with Crippen LogP contribution in [0.3, 0.4) is 0 Å². The topological polar surface area (TPSA) is 9.86 Å².